The average Bonchev–Trinajstić information content (AvgIpc) is 2.40. The SMILES string of the molecule is O=C(Nc1ccccc1CCl)C1COCCO1. The van der Waals surface area contributed by atoms with E-state index < -0.39 is 6.10 Å². The molecule has 0 spiro atoms. The van der Waals surface area contributed by atoms with Gasteiger partial charge in [-0.3, -0.25) is 4.79 Å². The van der Waals surface area contributed by atoms with Gasteiger partial charge in [0.2, 0.25) is 0 Å². The van der Waals surface area contributed by atoms with Crippen LogP contribution >= 0.6 is 11.6 Å². The Morgan fingerprint density at radius 1 is 1.41 bits per heavy atom. The van der Waals surface area contributed by atoms with Crippen LogP contribution in [-0.2, 0) is 20.1 Å². The second-order valence-corrected chi connectivity index (χ2v) is 3.98. The summed E-state index contributed by atoms with van der Waals surface area (Å²) in [6.07, 6.45) is -0.535. The van der Waals surface area contributed by atoms with Crippen molar-refractivity contribution in [3.05, 3.63) is 29.8 Å². The van der Waals surface area contributed by atoms with Crippen LogP contribution in [0.15, 0.2) is 24.3 Å². The van der Waals surface area contributed by atoms with Crippen molar-refractivity contribution < 1.29 is 14.3 Å². The summed E-state index contributed by atoms with van der Waals surface area (Å²) < 4.78 is 10.5. The summed E-state index contributed by atoms with van der Waals surface area (Å²) in [5.41, 5.74) is 1.61. The van der Waals surface area contributed by atoms with Crippen molar-refractivity contribution in [1.82, 2.24) is 0 Å². The zero-order valence-electron chi connectivity index (χ0n) is 9.32. The van der Waals surface area contributed by atoms with Crippen LogP contribution in [0.25, 0.3) is 0 Å². The molecule has 17 heavy (non-hydrogen) atoms. The molecule has 92 valence electrons. The van der Waals surface area contributed by atoms with E-state index in [0.29, 0.717) is 25.7 Å². The predicted octanol–water partition coefficient (Wildman–Crippen LogP) is 1.78. The summed E-state index contributed by atoms with van der Waals surface area (Å²) in [5, 5.41) is 2.80. The van der Waals surface area contributed by atoms with E-state index in [1.807, 2.05) is 24.3 Å². The van der Waals surface area contributed by atoms with E-state index in [1.54, 1.807) is 0 Å². The normalized spacial score (nSPS) is 19.9. The van der Waals surface area contributed by atoms with Crippen molar-refractivity contribution in [1.29, 1.82) is 0 Å². The highest BCUT2D eigenvalue weighted by Crippen LogP contribution is 2.17. The van der Waals surface area contributed by atoms with Gasteiger partial charge in [0.05, 0.1) is 19.8 Å². The molecule has 0 aromatic heterocycles. The number of nitrogens with one attached hydrogen (secondary N) is 1. The maximum absolute atomic E-state index is 11.9. The Balaban J connectivity index is 2.01. The first-order valence-electron chi connectivity index (χ1n) is 5.45. The molecule has 0 aliphatic carbocycles. The van der Waals surface area contributed by atoms with E-state index in [1.165, 1.54) is 0 Å². The summed E-state index contributed by atoms with van der Waals surface area (Å²) in [6.45, 7) is 1.30. The number of halogens is 1. The number of anilines is 1. The summed E-state index contributed by atoms with van der Waals surface area (Å²) in [5.74, 6) is 0.167. The molecular formula is C12H14ClNO3. The summed E-state index contributed by atoms with van der Waals surface area (Å²) in [6, 6.07) is 7.43. The van der Waals surface area contributed by atoms with Gasteiger partial charge in [0, 0.05) is 11.6 Å². The standard InChI is InChI=1S/C12H14ClNO3/c13-7-9-3-1-2-4-10(9)14-12(15)11-8-16-5-6-17-11/h1-4,11H,5-8H2,(H,14,15). The molecule has 4 nitrogen and oxygen atoms in total. The first-order chi connectivity index (χ1) is 8.31. The molecule has 0 radical (unpaired) electrons. The highest BCUT2D eigenvalue weighted by atomic mass is 35.5. The molecule has 0 bridgehead atoms. The Morgan fingerprint density at radius 3 is 2.94 bits per heavy atom. The smallest absolute Gasteiger partial charge is 0.255 e. The van der Waals surface area contributed by atoms with Crippen LogP contribution in [-0.4, -0.2) is 31.8 Å². The van der Waals surface area contributed by atoms with Gasteiger partial charge in [-0.05, 0) is 11.6 Å². The number of rotatable bonds is 3. The second-order valence-electron chi connectivity index (χ2n) is 3.71. The third-order valence-corrected chi connectivity index (χ3v) is 2.82. The molecule has 1 aromatic carbocycles. The molecule has 1 aliphatic heterocycles. The maximum atomic E-state index is 11.9. The average molecular weight is 256 g/mol. The molecule has 0 saturated carbocycles. The molecule has 1 saturated heterocycles. The van der Waals surface area contributed by atoms with Crippen LogP contribution in [0.5, 0.6) is 0 Å². The van der Waals surface area contributed by atoms with Crippen LogP contribution in [0.3, 0.4) is 0 Å². The van der Waals surface area contributed by atoms with Crippen LogP contribution in [0, 0.1) is 0 Å². The van der Waals surface area contributed by atoms with Gasteiger partial charge in [-0.25, -0.2) is 0 Å². The largest absolute Gasteiger partial charge is 0.376 e. The number of ether oxygens (including phenoxy) is 2. The number of benzene rings is 1. The number of hydrogen-bond acceptors (Lipinski definition) is 3. The van der Waals surface area contributed by atoms with Crippen LogP contribution < -0.4 is 5.32 Å². The van der Waals surface area contributed by atoms with E-state index in [-0.39, 0.29) is 5.91 Å². The Morgan fingerprint density at radius 2 is 2.24 bits per heavy atom. The van der Waals surface area contributed by atoms with Gasteiger partial charge >= 0.3 is 0 Å². The van der Waals surface area contributed by atoms with Gasteiger partial charge in [0.1, 0.15) is 0 Å². The third kappa shape index (κ3) is 3.19. The Labute approximate surface area is 105 Å². The zero-order chi connectivity index (χ0) is 12.1. The first kappa shape index (κ1) is 12.4. The Bertz CT molecular complexity index is 391. The number of amides is 1. The van der Waals surface area contributed by atoms with Gasteiger partial charge in [-0.15, -0.1) is 11.6 Å². The highest BCUT2D eigenvalue weighted by molar-refractivity contribution is 6.17. The van der Waals surface area contributed by atoms with Gasteiger partial charge in [-0.2, -0.15) is 0 Å². The van der Waals surface area contributed by atoms with E-state index in [9.17, 15) is 4.79 Å². The van der Waals surface area contributed by atoms with Crippen molar-refractivity contribution in [2.75, 3.05) is 25.1 Å². The fourth-order valence-electron chi connectivity index (χ4n) is 1.61. The second kappa shape index (κ2) is 6.00. The molecule has 1 aromatic rings. The Kier molecular flexibility index (Phi) is 4.36. The lowest BCUT2D eigenvalue weighted by molar-refractivity contribution is -0.142. The van der Waals surface area contributed by atoms with E-state index in [0.717, 1.165) is 11.3 Å². The van der Waals surface area contributed by atoms with Crippen molar-refractivity contribution in [3.8, 4) is 0 Å². The molecule has 5 heteroatoms. The number of para-hydroxylation sites is 1. The molecule has 1 amide bonds. The molecule has 1 N–H and O–H groups in total. The molecule has 1 fully saturated rings. The predicted molar refractivity (Wildman–Crippen MR) is 65.2 cm³/mol. The lowest BCUT2D eigenvalue weighted by Crippen LogP contribution is -2.39. The maximum Gasteiger partial charge on any atom is 0.255 e. The van der Waals surface area contributed by atoms with Crippen LogP contribution in [0.2, 0.25) is 0 Å². The molecule has 1 aliphatic rings. The highest BCUT2D eigenvalue weighted by Gasteiger charge is 2.23. The van der Waals surface area contributed by atoms with Crippen molar-refractivity contribution >= 4 is 23.2 Å². The molecule has 2 rings (SSSR count). The molecular weight excluding hydrogens is 242 g/mol. The first-order valence-corrected chi connectivity index (χ1v) is 5.99. The van der Waals surface area contributed by atoms with Gasteiger partial charge in [0.15, 0.2) is 6.10 Å². The third-order valence-electron chi connectivity index (χ3n) is 2.53. The lowest BCUT2D eigenvalue weighted by atomic mass is 10.2. The number of alkyl halides is 1. The number of hydrogen-bond donors (Lipinski definition) is 1. The zero-order valence-corrected chi connectivity index (χ0v) is 10.1. The Hall–Kier alpha value is -1.10. The minimum Gasteiger partial charge on any atom is -0.376 e. The fourth-order valence-corrected chi connectivity index (χ4v) is 1.84. The molecule has 1 heterocycles. The van der Waals surface area contributed by atoms with E-state index >= 15 is 0 Å². The lowest BCUT2D eigenvalue weighted by Gasteiger charge is -2.22. The van der Waals surface area contributed by atoms with Crippen molar-refractivity contribution in [3.63, 3.8) is 0 Å². The molecule has 1 unspecified atom stereocenters. The van der Waals surface area contributed by atoms with Crippen molar-refractivity contribution in [2.24, 2.45) is 0 Å². The van der Waals surface area contributed by atoms with Gasteiger partial charge in [-0.1, -0.05) is 18.2 Å². The topological polar surface area (TPSA) is 47.6 Å². The van der Waals surface area contributed by atoms with Gasteiger partial charge < -0.3 is 14.8 Å². The molecule has 1 atom stereocenters. The minimum atomic E-state index is -0.535. The summed E-state index contributed by atoms with van der Waals surface area (Å²) >= 11 is 5.79. The minimum absolute atomic E-state index is 0.192. The van der Waals surface area contributed by atoms with E-state index in [2.05, 4.69) is 5.32 Å². The van der Waals surface area contributed by atoms with Crippen LogP contribution in [0.1, 0.15) is 5.56 Å². The summed E-state index contributed by atoms with van der Waals surface area (Å²) in [7, 11) is 0. The summed E-state index contributed by atoms with van der Waals surface area (Å²) in [4.78, 5) is 11.9. The van der Waals surface area contributed by atoms with E-state index in [4.69, 9.17) is 21.1 Å². The van der Waals surface area contributed by atoms with Crippen molar-refractivity contribution in [2.45, 2.75) is 12.0 Å². The number of carbonyl (C=O) groups excluding carboxylic acids is 1. The van der Waals surface area contributed by atoms with Gasteiger partial charge in [0.25, 0.3) is 5.91 Å². The number of carbonyl (C=O) groups is 1. The monoisotopic (exact) mass is 255 g/mol. The quantitative estimate of drug-likeness (QED) is 0.838. The van der Waals surface area contributed by atoms with Crippen LogP contribution in [0.4, 0.5) is 5.69 Å². The fraction of sp³-hybridized carbons (Fsp3) is 0.417.